The fourth-order valence-electron chi connectivity index (χ4n) is 9.37. The minimum absolute atomic E-state index is 0.166. The van der Waals surface area contributed by atoms with E-state index >= 15 is 0 Å². The molecule has 12 aromatic rings. The quantitative estimate of drug-likeness (QED) is 0.144. The summed E-state index contributed by atoms with van der Waals surface area (Å²) in [5.74, 6) is 0. The minimum atomic E-state index is -0.413. The van der Waals surface area contributed by atoms with Crippen LogP contribution >= 0.6 is 0 Å². The van der Waals surface area contributed by atoms with Gasteiger partial charge in [-0.25, -0.2) is 0 Å². The lowest BCUT2D eigenvalue weighted by molar-refractivity contribution is 1.19. The van der Waals surface area contributed by atoms with E-state index in [9.17, 15) is 0 Å². The van der Waals surface area contributed by atoms with Crippen LogP contribution in [0.5, 0.6) is 0 Å². The van der Waals surface area contributed by atoms with Crippen LogP contribution in [0.15, 0.2) is 261 Å². The maximum atomic E-state index is 8.72. The van der Waals surface area contributed by atoms with Crippen LogP contribution in [0.3, 0.4) is 0 Å². The Bertz CT molecular complexity index is 3930. The monoisotopic (exact) mass is 834 g/mol. The molecule has 3 nitrogen and oxygen atoms in total. The van der Waals surface area contributed by atoms with Crippen molar-refractivity contribution in [2.45, 2.75) is 0 Å². The van der Waals surface area contributed by atoms with Crippen molar-refractivity contribution in [2.75, 3.05) is 9.80 Å². The molecule has 0 unspecified atom stereocenters. The number of fused-ring (bicyclic) bond motifs is 5. The number of aromatic nitrogens is 1. The molecule has 0 fully saturated rings. The molecule has 0 spiro atoms. The van der Waals surface area contributed by atoms with Crippen LogP contribution in [-0.4, -0.2) is 4.57 Å². The molecular weight excluding hydrogens is 787 g/mol. The van der Waals surface area contributed by atoms with Crippen molar-refractivity contribution >= 4 is 77.5 Å². The van der Waals surface area contributed by atoms with Gasteiger partial charge in [0, 0.05) is 50.3 Å². The molecule has 1 aromatic heterocycles. The molecule has 12 rings (SSSR count). The summed E-state index contributed by atoms with van der Waals surface area (Å²) in [6, 6.07) is 79.0. The molecule has 0 saturated carbocycles. The van der Waals surface area contributed by atoms with Crippen LogP contribution < -0.4 is 9.80 Å². The summed E-state index contributed by atoms with van der Waals surface area (Å²) in [6.45, 7) is 0. The molecule has 0 aliphatic rings. The van der Waals surface area contributed by atoms with Gasteiger partial charge in [-0.15, -0.1) is 0 Å². The predicted molar refractivity (Wildman–Crippen MR) is 276 cm³/mol. The molecule has 11 aromatic carbocycles. The molecule has 3 heteroatoms. The van der Waals surface area contributed by atoms with E-state index in [-0.39, 0.29) is 29.7 Å². The number of nitrogens with zero attached hydrogens (tertiary/aromatic N) is 3. The number of rotatable bonds is 9. The molecule has 0 aliphatic carbocycles. The Hall–Kier alpha value is -8.66. The maximum absolute atomic E-state index is 8.72. The van der Waals surface area contributed by atoms with E-state index in [1.54, 1.807) is 0 Å². The number of anilines is 6. The van der Waals surface area contributed by atoms with E-state index in [1.165, 1.54) is 10.8 Å². The summed E-state index contributed by atoms with van der Waals surface area (Å²) in [6.07, 6.45) is 0. The highest BCUT2D eigenvalue weighted by Crippen LogP contribution is 2.46. The second-order valence-corrected chi connectivity index (χ2v) is 16.2. The zero-order valence-electron chi connectivity index (χ0n) is 40.3. The molecule has 0 atom stereocenters. The highest BCUT2D eigenvalue weighted by molar-refractivity contribution is 6.11. The van der Waals surface area contributed by atoms with Gasteiger partial charge in [0.2, 0.25) is 0 Å². The van der Waals surface area contributed by atoms with Crippen molar-refractivity contribution in [3.63, 3.8) is 0 Å². The van der Waals surface area contributed by atoms with Crippen LogP contribution in [0.25, 0.3) is 71.3 Å². The SMILES string of the molecule is [2H]c1c([2H])c([2H])c(-c2ccc(N(c3ccccc3)c3cc(-c4ccc5c(c4)c4ccccc4n5-c4ccc5ccccc5c4)cc(N(c4ccccc4)c4cccc5ccccc45)c3)cc2)c([2H])c1[2H]. The molecule has 0 saturated heterocycles. The van der Waals surface area contributed by atoms with Crippen molar-refractivity contribution < 1.29 is 6.85 Å². The summed E-state index contributed by atoms with van der Waals surface area (Å²) in [7, 11) is 0. The fourth-order valence-corrected chi connectivity index (χ4v) is 9.37. The van der Waals surface area contributed by atoms with Crippen LogP contribution in [0, 0.1) is 0 Å². The maximum Gasteiger partial charge on any atom is 0.0629 e. The van der Waals surface area contributed by atoms with Crippen molar-refractivity contribution in [1.29, 1.82) is 0 Å². The fraction of sp³-hybridized carbons (Fsp3) is 0. The first-order valence-corrected chi connectivity index (χ1v) is 21.8. The largest absolute Gasteiger partial charge is 0.310 e. The molecule has 0 radical (unpaired) electrons. The number of benzene rings is 11. The average Bonchev–Trinajstić information content (AvgIpc) is 3.74. The van der Waals surface area contributed by atoms with Crippen molar-refractivity contribution in [3.05, 3.63) is 261 Å². The third-order valence-electron chi connectivity index (χ3n) is 12.4. The molecule has 306 valence electrons. The normalized spacial score (nSPS) is 12.5. The van der Waals surface area contributed by atoms with Crippen molar-refractivity contribution in [1.82, 2.24) is 4.57 Å². The van der Waals surface area contributed by atoms with E-state index in [0.29, 0.717) is 5.56 Å². The van der Waals surface area contributed by atoms with Gasteiger partial charge in [-0.05, 0) is 129 Å². The van der Waals surface area contributed by atoms with Gasteiger partial charge in [0.05, 0.1) is 23.6 Å². The van der Waals surface area contributed by atoms with Gasteiger partial charge in [-0.1, -0.05) is 170 Å². The number of para-hydroxylation sites is 3. The second kappa shape index (κ2) is 16.2. The van der Waals surface area contributed by atoms with Gasteiger partial charge in [0.15, 0.2) is 0 Å². The topological polar surface area (TPSA) is 11.4 Å². The summed E-state index contributed by atoms with van der Waals surface area (Å²) < 4.78 is 44.7. The first-order chi connectivity index (χ1) is 34.3. The lowest BCUT2D eigenvalue weighted by Gasteiger charge is -2.31. The average molecular weight is 835 g/mol. The molecule has 0 N–H and O–H groups in total. The van der Waals surface area contributed by atoms with Crippen molar-refractivity contribution in [3.8, 4) is 27.9 Å². The van der Waals surface area contributed by atoms with Gasteiger partial charge in [0.25, 0.3) is 0 Å². The zero-order valence-corrected chi connectivity index (χ0v) is 35.3. The lowest BCUT2D eigenvalue weighted by Crippen LogP contribution is -2.14. The zero-order chi connectivity index (χ0) is 47.5. The summed E-state index contributed by atoms with van der Waals surface area (Å²) in [5, 5.41) is 6.95. The summed E-state index contributed by atoms with van der Waals surface area (Å²) in [4.78, 5) is 4.55. The second-order valence-electron chi connectivity index (χ2n) is 16.2. The van der Waals surface area contributed by atoms with Crippen molar-refractivity contribution in [2.24, 2.45) is 0 Å². The first-order valence-electron chi connectivity index (χ1n) is 24.3. The van der Waals surface area contributed by atoms with Gasteiger partial charge >= 0.3 is 0 Å². The van der Waals surface area contributed by atoms with E-state index in [0.717, 1.165) is 83.5 Å². The Labute approximate surface area is 386 Å². The van der Waals surface area contributed by atoms with Gasteiger partial charge in [-0.3, -0.25) is 0 Å². The smallest absolute Gasteiger partial charge is 0.0629 e. The molecule has 1 heterocycles. The molecule has 65 heavy (non-hydrogen) atoms. The van der Waals surface area contributed by atoms with Crippen LogP contribution in [0.1, 0.15) is 6.85 Å². The van der Waals surface area contributed by atoms with E-state index in [4.69, 9.17) is 6.85 Å². The highest BCUT2D eigenvalue weighted by atomic mass is 15.2. The van der Waals surface area contributed by atoms with Crippen LogP contribution in [-0.2, 0) is 0 Å². The summed E-state index contributed by atoms with van der Waals surface area (Å²) >= 11 is 0. The Morgan fingerprint density at radius 3 is 1.66 bits per heavy atom. The lowest BCUT2D eigenvalue weighted by atomic mass is 9.99. The molecule has 0 amide bonds. The van der Waals surface area contributed by atoms with Crippen LogP contribution in [0.4, 0.5) is 34.1 Å². The third kappa shape index (κ3) is 6.97. The Balaban J connectivity index is 1.09. The van der Waals surface area contributed by atoms with E-state index in [1.807, 2.05) is 48.5 Å². The van der Waals surface area contributed by atoms with E-state index in [2.05, 4.69) is 196 Å². The predicted octanol–water partition coefficient (Wildman–Crippen LogP) is 17.4. The Kier molecular flexibility index (Phi) is 8.23. The number of hydrogen-bond donors (Lipinski definition) is 0. The third-order valence-corrected chi connectivity index (χ3v) is 12.4. The van der Waals surface area contributed by atoms with Gasteiger partial charge in [0.1, 0.15) is 0 Å². The highest BCUT2D eigenvalue weighted by Gasteiger charge is 2.22. The van der Waals surface area contributed by atoms with Gasteiger partial charge < -0.3 is 14.4 Å². The first kappa shape index (κ1) is 33.0. The standard InChI is InChI=1S/C62H43N3/c1-4-17-44(18-5-1)46-31-35-53(36-32-46)63(51-23-6-2-7-24-51)55-40-50(41-56(43-55)64(52-25-8-3-9-26-52)60-30-16-22-47-20-12-13-27-57(47)60)49-34-38-62-59(42-49)58-28-14-15-29-61(58)65(62)54-37-33-45-19-10-11-21-48(45)39-54/h1-43H/i1D,4D,5D,17D,18D. The molecule has 0 aliphatic heterocycles. The molecule has 0 bridgehead atoms. The van der Waals surface area contributed by atoms with Crippen LogP contribution in [0.2, 0.25) is 0 Å². The molecular formula is C62H43N3. The Morgan fingerprint density at radius 1 is 0.308 bits per heavy atom. The summed E-state index contributed by atoms with van der Waals surface area (Å²) in [5.41, 5.74) is 11.7. The minimum Gasteiger partial charge on any atom is -0.310 e. The number of hydrogen-bond acceptors (Lipinski definition) is 2. The van der Waals surface area contributed by atoms with Gasteiger partial charge in [-0.2, -0.15) is 0 Å². The van der Waals surface area contributed by atoms with E-state index < -0.39 is 6.04 Å². The Morgan fingerprint density at radius 2 is 0.892 bits per heavy atom.